The van der Waals surface area contributed by atoms with E-state index in [0.29, 0.717) is 18.8 Å². The Bertz CT molecular complexity index is 1030. The molecule has 2 aromatic heterocycles. The van der Waals surface area contributed by atoms with Gasteiger partial charge in [0, 0.05) is 31.7 Å². The number of aromatic nitrogens is 5. The summed E-state index contributed by atoms with van der Waals surface area (Å²) < 4.78 is 3.97. The van der Waals surface area contributed by atoms with E-state index in [9.17, 15) is 4.79 Å². The summed E-state index contributed by atoms with van der Waals surface area (Å²) in [6.45, 7) is 4.96. The quantitative estimate of drug-likeness (QED) is 0.633. The van der Waals surface area contributed by atoms with Gasteiger partial charge in [0.05, 0.1) is 6.54 Å². The average molecular weight is 419 g/mol. The molecule has 1 aliphatic heterocycles. The van der Waals surface area contributed by atoms with E-state index in [2.05, 4.69) is 44.1 Å². The highest BCUT2D eigenvalue weighted by molar-refractivity contribution is 5.92. The number of hydrogen-bond acceptors (Lipinski definition) is 4. The fourth-order valence-corrected chi connectivity index (χ4v) is 5.61. The molecule has 0 bridgehead atoms. The fraction of sp³-hybridized carbons (Fsp3) is 0.500. The van der Waals surface area contributed by atoms with Crippen molar-refractivity contribution in [3.8, 4) is 0 Å². The lowest BCUT2D eigenvalue weighted by molar-refractivity contribution is 0.0746. The lowest BCUT2D eigenvalue weighted by Crippen LogP contribution is -2.35. The van der Waals surface area contributed by atoms with Crippen LogP contribution in [-0.4, -0.2) is 48.4 Å². The van der Waals surface area contributed by atoms with Gasteiger partial charge in [0.15, 0.2) is 0 Å². The number of likely N-dealkylation sites (tertiary alicyclic amines) is 1. The second-order valence-corrected chi connectivity index (χ2v) is 9.00. The monoisotopic (exact) mass is 418 g/mol. The van der Waals surface area contributed by atoms with Crippen molar-refractivity contribution in [2.45, 2.75) is 58.0 Å². The molecule has 1 amide bonds. The summed E-state index contributed by atoms with van der Waals surface area (Å²) in [6, 6.07) is 12.3. The molecule has 0 N–H and O–H groups in total. The van der Waals surface area contributed by atoms with Crippen molar-refractivity contribution >= 4 is 5.91 Å². The van der Waals surface area contributed by atoms with Crippen molar-refractivity contribution in [3.05, 3.63) is 66.0 Å². The summed E-state index contributed by atoms with van der Waals surface area (Å²) in [6.07, 6.45) is 9.57. The Morgan fingerprint density at radius 2 is 1.94 bits per heavy atom. The molecule has 2 fully saturated rings. The van der Waals surface area contributed by atoms with Gasteiger partial charge in [-0.15, -0.1) is 10.2 Å². The van der Waals surface area contributed by atoms with Crippen molar-refractivity contribution in [3.63, 3.8) is 0 Å². The van der Waals surface area contributed by atoms with E-state index < -0.39 is 0 Å². The van der Waals surface area contributed by atoms with Crippen LogP contribution >= 0.6 is 0 Å². The molecule has 2 aliphatic rings. The molecule has 3 aromatic rings. The molecule has 1 aromatic carbocycles. The van der Waals surface area contributed by atoms with Gasteiger partial charge in [0.25, 0.3) is 5.91 Å². The zero-order chi connectivity index (χ0) is 21.3. The highest BCUT2D eigenvalue weighted by Gasteiger charge is 2.50. The standard InChI is InChI=1S/C24H30N6O/c1-2-30-21(11-14-26-30)23(31)28-16-20(24(17-28)12-7-4-8-13-24)22-27-25-18-29(22)15-19-9-5-3-6-10-19/h3,5-6,9-11,14,18,20H,2,4,7-8,12-13,15-17H2,1H3. The number of rotatable bonds is 5. The Labute approximate surface area is 183 Å². The van der Waals surface area contributed by atoms with Gasteiger partial charge in [0.1, 0.15) is 17.8 Å². The van der Waals surface area contributed by atoms with E-state index in [0.717, 1.165) is 31.8 Å². The summed E-state index contributed by atoms with van der Waals surface area (Å²) in [5, 5.41) is 13.2. The molecule has 1 saturated heterocycles. The third kappa shape index (κ3) is 3.66. The van der Waals surface area contributed by atoms with E-state index >= 15 is 0 Å². The third-order valence-electron chi connectivity index (χ3n) is 7.17. The minimum absolute atomic E-state index is 0.0842. The van der Waals surface area contributed by atoms with Crippen molar-refractivity contribution in [1.82, 2.24) is 29.4 Å². The first-order valence-electron chi connectivity index (χ1n) is 11.4. The van der Waals surface area contributed by atoms with E-state index in [-0.39, 0.29) is 17.2 Å². The normalized spacial score (nSPS) is 20.4. The van der Waals surface area contributed by atoms with Gasteiger partial charge in [-0.3, -0.25) is 9.48 Å². The molecule has 1 saturated carbocycles. The highest BCUT2D eigenvalue weighted by atomic mass is 16.2. The number of aryl methyl sites for hydroxylation is 1. The summed E-state index contributed by atoms with van der Waals surface area (Å²) in [4.78, 5) is 15.5. The molecular weight excluding hydrogens is 388 g/mol. The molecule has 0 radical (unpaired) electrons. The first-order valence-corrected chi connectivity index (χ1v) is 11.4. The first-order chi connectivity index (χ1) is 15.2. The molecule has 1 unspecified atom stereocenters. The maximum absolute atomic E-state index is 13.4. The second-order valence-electron chi connectivity index (χ2n) is 9.00. The summed E-state index contributed by atoms with van der Waals surface area (Å²) in [5.74, 6) is 1.31. The molecule has 1 aliphatic carbocycles. The van der Waals surface area contributed by atoms with Crippen LogP contribution in [0, 0.1) is 5.41 Å². The highest BCUT2D eigenvalue weighted by Crippen LogP contribution is 2.51. The molecule has 1 atom stereocenters. The number of benzene rings is 1. The molecule has 31 heavy (non-hydrogen) atoms. The maximum Gasteiger partial charge on any atom is 0.272 e. The van der Waals surface area contributed by atoms with Gasteiger partial charge in [0.2, 0.25) is 0 Å². The van der Waals surface area contributed by atoms with Gasteiger partial charge in [-0.05, 0) is 36.8 Å². The minimum Gasteiger partial charge on any atom is -0.336 e. The van der Waals surface area contributed by atoms with Crippen LogP contribution in [0.3, 0.4) is 0 Å². The van der Waals surface area contributed by atoms with Crippen molar-refractivity contribution in [2.24, 2.45) is 5.41 Å². The Balaban J connectivity index is 1.46. The Kier molecular flexibility index (Phi) is 5.34. The van der Waals surface area contributed by atoms with Gasteiger partial charge in [-0.25, -0.2) is 0 Å². The Morgan fingerprint density at radius 3 is 2.71 bits per heavy atom. The van der Waals surface area contributed by atoms with Gasteiger partial charge >= 0.3 is 0 Å². The fourth-order valence-electron chi connectivity index (χ4n) is 5.61. The maximum atomic E-state index is 13.4. The van der Waals surface area contributed by atoms with Crippen molar-refractivity contribution in [2.75, 3.05) is 13.1 Å². The van der Waals surface area contributed by atoms with Crippen molar-refractivity contribution < 1.29 is 4.79 Å². The molecule has 1 spiro atoms. The predicted octanol–water partition coefficient (Wildman–Crippen LogP) is 3.73. The summed E-state index contributed by atoms with van der Waals surface area (Å²) in [5.41, 5.74) is 2.01. The molecule has 162 valence electrons. The summed E-state index contributed by atoms with van der Waals surface area (Å²) >= 11 is 0. The SMILES string of the molecule is CCn1nccc1C(=O)N1CC(c2nncn2Cc2ccccc2)C2(CCCCC2)C1. The number of nitrogens with zero attached hydrogens (tertiary/aromatic N) is 6. The van der Waals surface area contributed by atoms with E-state index in [1.165, 1.54) is 24.8 Å². The van der Waals surface area contributed by atoms with Crippen LogP contribution in [0.1, 0.15) is 66.8 Å². The summed E-state index contributed by atoms with van der Waals surface area (Å²) in [7, 11) is 0. The smallest absolute Gasteiger partial charge is 0.272 e. The topological polar surface area (TPSA) is 68.8 Å². The second kappa shape index (κ2) is 8.29. The first kappa shape index (κ1) is 20.0. The average Bonchev–Trinajstić information content (AvgIpc) is 3.53. The molecule has 7 nitrogen and oxygen atoms in total. The lowest BCUT2D eigenvalue weighted by Gasteiger charge is -2.37. The number of hydrogen-bond donors (Lipinski definition) is 0. The van der Waals surface area contributed by atoms with Crippen LogP contribution < -0.4 is 0 Å². The van der Waals surface area contributed by atoms with Crippen LogP contribution in [0.5, 0.6) is 0 Å². The third-order valence-corrected chi connectivity index (χ3v) is 7.17. The molecular formula is C24H30N6O. The molecule has 3 heterocycles. The zero-order valence-electron chi connectivity index (χ0n) is 18.2. The number of carbonyl (C=O) groups excluding carboxylic acids is 1. The van der Waals surface area contributed by atoms with Gasteiger partial charge in [-0.1, -0.05) is 49.6 Å². The number of carbonyl (C=O) groups is 1. The largest absolute Gasteiger partial charge is 0.336 e. The number of amides is 1. The van der Waals surface area contributed by atoms with Gasteiger partial charge in [-0.2, -0.15) is 5.10 Å². The van der Waals surface area contributed by atoms with E-state index in [1.54, 1.807) is 10.9 Å². The van der Waals surface area contributed by atoms with Gasteiger partial charge < -0.3 is 9.47 Å². The predicted molar refractivity (Wildman–Crippen MR) is 118 cm³/mol. The molecule has 7 heteroatoms. The zero-order valence-corrected chi connectivity index (χ0v) is 18.2. The van der Waals surface area contributed by atoms with Crippen LogP contribution in [0.4, 0.5) is 0 Å². The Hall–Kier alpha value is -2.96. The van der Waals surface area contributed by atoms with Crippen molar-refractivity contribution in [1.29, 1.82) is 0 Å². The Morgan fingerprint density at radius 1 is 1.13 bits per heavy atom. The van der Waals surface area contributed by atoms with Crippen LogP contribution in [0.2, 0.25) is 0 Å². The van der Waals surface area contributed by atoms with E-state index in [1.807, 2.05) is 30.3 Å². The minimum atomic E-state index is 0.0842. The van der Waals surface area contributed by atoms with Crippen LogP contribution in [0.15, 0.2) is 48.9 Å². The van der Waals surface area contributed by atoms with Crippen LogP contribution in [-0.2, 0) is 13.1 Å². The van der Waals surface area contributed by atoms with E-state index in [4.69, 9.17) is 0 Å². The lowest BCUT2D eigenvalue weighted by atomic mass is 9.67. The van der Waals surface area contributed by atoms with Crippen LogP contribution in [0.25, 0.3) is 0 Å². The molecule has 5 rings (SSSR count).